The predicted octanol–water partition coefficient (Wildman–Crippen LogP) is 1.33. The van der Waals surface area contributed by atoms with Gasteiger partial charge < -0.3 is 19.4 Å². The molecule has 0 aromatic carbocycles. The molecule has 0 saturated carbocycles. The Bertz CT molecular complexity index is 655. The highest BCUT2D eigenvalue weighted by Crippen LogP contribution is 2.38. The van der Waals surface area contributed by atoms with Crippen molar-refractivity contribution in [3.05, 3.63) is 12.7 Å². The molecule has 0 radical (unpaired) electrons. The molecule has 2 rings (SSSR count). The molecule has 2 heterocycles. The molecule has 1 aliphatic heterocycles. The van der Waals surface area contributed by atoms with Gasteiger partial charge in [-0.2, -0.15) is 0 Å². The molecular formula is C16H28BN5O5. The van der Waals surface area contributed by atoms with Crippen LogP contribution in [-0.2, 0) is 18.8 Å². The molecular weight excluding hydrogens is 353 g/mol. The first-order valence-corrected chi connectivity index (χ1v) is 8.80. The van der Waals surface area contributed by atoms with Crippen molar-refractivity contribution >= 4 is 19.1 Å². The summed E-state index contributed by atoms with van der Waals surface area (Å²) in [7, 11) is -0.665. The van der Waals surface area contributed by atoms with E-state index < -0.39 is 42.0 Å². The zero-order valence-electron chi connectivity index (χ0n) is 16.9. The van der Waals surface area contributed by atoms with Gasteiger partial charge >= 0.3 is 13.2 Å². The van der Waals surface area contributed by atoms with Crippen LogP contribution in [0.25, 0.3) is 0 Å². The van der Waals surface area contributed by atoms with Gasteiger partial charge in [-0.15, -0.1) is 10.2 Å². The highest BCUT2D eigenvalue weighted by Gasteiger charge is 2.52. The quantitative estimate of drug-likeness (QED) is 0.739. The number of nitrogens with zero attached hydrogens (tertiary/aromatic N) is 3. The van der Waals surface area contributed by atoms with Crippen molar-refractivity contribution < 1.29 is 23.6 Å². The third-order valence-corrected chi connectivity index (χ3v) is 4.40. The van der Waals surface area contributed by atoms with Crippen LogP contribution in [0.5, 0.6) is 0 Å². The summed E-state index contributed by atoms with van der Waals surface area (Å²) in [6.45, 7) is 12.9. The molecule has 1 aliphatic rings. The fourth-order valence-corrected chi connectivity index (χ4v) is 2.40. The van der Waals surface area contributed by atoms with E-state index in [1.807, 2.05) is 27.7 Å². The van der Waals surface area contributed by atoms with Gasteiger partial charge in [0.2, 0.25) is 0 Å². The number of alkyl carbamates (subject to hydrolysis) is 1. The van der Waals surface area contributed by atoms with Crippen LogP contribution in [0.2, 0.25) is 6.32 Å². The number of carbonyl (C=O) groups excluding carboxylic acids is 2. The van der Waals surface area contributed by atoms with Gasteiger partial charge in [0.25, 0.3) is 5.91 Å². The van der Waals surface area contributed by atoms with Gasteiger partial charge in [0, 0.05) is 6.32 Å². The Hall–Kier alpha value is -2.14. The topological polar surface area (TPSA) is 117 Å². The highest BCUT2D eigenvalue weighted by molar-refractivity contribution is 6.46. The monoisotopic (exact) mass is 381 g/mol. The van der Waals surface area contributed by atoms with E-state index in [1.54, 1.807) is 20.8 Å². The maximum atomic E-state index is 12.7. The van der Waals surface area contributed by atoms with Gasteiger partial charge in [0.1, 0.15) is 24.3 Å². The van der Waals surface area contributed by atoms with Crippen LogP contribution in [-0.4, -0.2) is 56.8 Å². The Kier molecular flexibility index (Phi) is 5.86. The van der Waals surface area contributed by atoms with Crippen molar-refractivity contribution in [2.75, 3.05) is 5.43 Å². The summed E-state index contributed by atoms with van der Waals surface area (Å²) < 4.78 is 18.4. The Morgan fingerprint density at radius 3 is 2.15 bits per heavy atom. The van der Waals surface area contributed by atoms with Crippen LogP contribution in [0.15, 0.2) is 12.7 Å². The van der Waals surface area contributed by atoms with Gasteiger partial charge in [0.05, 0.1) is 11.2 Å². The first-order chi connectivity index (χ1) is 12.3. The van der Waals surface area contributed by atoms with E-state index in [9.17, 15) is 9.59 Å². The summed E-state index contributed by atoms with van der Waals surface area (Å²) in [4.78, 5) is 24.8. The number of aromatic nitrogens is 3. The number of carbonyl (C=O) groups is 2. The molecule has 0 spiro atoms. The van der Waals surface area contributed by atoms with Crippen LogP contribution in [0.4, 0.5) is 4.79 Å². The molecule has 150 valence electrons. The van der Waals surface area contributed by atoms with Crippen molar-refractivity contribution in [3.63, 3.8) is 0 Å². The molecule has 2 N–H and O–H groups in total. The molecule has 0 bridgehead atoms. The highest BCUT2D eigenvalue weighted by atomic mass is 16.7. The second kappa shape index (κ2) is 7.47. The third kappa shape index (κ3) is 5.67. The molecule has 27 heavy (non-hydrogen) atoms. The molecule has 1 fully saturated rings. The maximum absolute atomic E-state index is 12.7. The summed E-state index contributed by atoms with van der Waals surface area (Å²) in [6.07, 6.45) is 2.07. The Balaban J connectivity index is 2.09. The smallest absolute Gasteiger partial charge is 0.444 e. The second-order valence-electron chi connectivity index (χ2n) is 8.47. The lowest BCUT2D eigenvalue weighted by Crippen LogP contribution is -2.49. The van der Waals surface area contributed by atoms with Crippen molar-refractivity contribution in [2.45, 2.75) is 77.6 Å². The van der Waals surface area contributed by atoms with E-state index in [-0.39, 0.29) is 6.32 Å². The largest absolute Gasteiger partial charge is 0.460 e. The Labute approximate surface area is 159 Å². The van der Waals surface area contributed by atoms with Crippen LogP contribution in [0, 0.1) is 0 Å². The SMILES string of the molecule is CC(C)(C)OC(=O)NC(CB1OC(C)(C)C(C)(C)O1)C(=O)Nn1cnnc1. The van der Waals surface area contributed by atoms with E-state index in [0.29, 0.717) is 0 Å². The van der Waals surface area contributed by atoms with Crippen molar-refractivity contribution in [3.8, 4) is 0 Å². The van der Waals surface area contributed by atoms with Gasteiger partial charge in [-0.05, 0) is 48.5 Å². The van der Waals surface area contributed by atoms with Crippen LogP contribution < -0.4 is 10.7 Å². The van der Waals surface area contributed by atoms with Gasteiger partial charge in [-0.25, -0.2) is 9.47 Å². The van der Waals surface area contributed by atoms with Crippen molar-refractivity contribution in [2.24, 2.45) is 0 Å². The summed E-state index contributed by atoms with van der Waals surface area (Å²) in [6, 6.07) is -0.947. The molecule has 11 heteroatoms. The second-order valence-corrected chi connectivity index (χ2v) is 8.47. The van der Waals surface area contributed by atoms with Gasteiger partial charge in [-0.1, -0.05) is 0 Å². The summed E-state index contributed by atoms with van der Waals surface area (Å²) in [5.74, 6) is -0.477. The van der Waals surface area contributed by atoms with E-state index in [4.69, 9.17) is 14.0 Å². The molecule has 1 aromatic heterocycles. The first-order valence-electron chi connectivity index (χ1n) is 8.80. The Morgan fingerprint density at radius 1 is 1.15 bits per heavy atom. The Morgan fingerprint density at radius 2 is 1.67 bits per heavy atom. The molecule has 0 aliphatic carbocycles. The van der Waals surface area contributed by atoms with E-state index >= 15 is 0 Å². The fourth-order valence-electron chi connectivity index (χ4n) is 2.40. The normalized spacial score (nSPS) is 19.4. The molecule has 2 amide bonds. The number of hydrogen-bond acceptors (Lipinski definition) is 7. The summed E-state index contributed by atoms with van der Waals surface area (Å²) >= 11 is 0. The summed E-state index contributed by atoms with van der Waals surface area (Å²) in [5, 5.41) is 9.82. The van der Waals surface area contributed by atoms with Crippen molar-refractivity contribution in [1.82, 2.24) is 20.2 Å². The number of amides is 2. The number of ether oxygens (including phenoxy) is 1. The third-order valence-electron chi connectivity index (χ3n) is 4.40. The lowest BCUT2D eigenvalue weighted by Gasteiger charge is -2.32. The molecule has 1 saturated heterocycles. The van der Waals surface area contributed by atoms with E-state index in [1.165, 1.54) is 17.3 Å². The van der Waals surface area contributed by atoms with Crippen LogP contribution >= 0.6 is 0 Å². The maximum Gasteiger partial charge on any atom is 0.460 e. The zero-order chi connectivity index (χ0) is 20.5. The summed E-state index contributed by atoms with van der Waals surface area (Å²) in [5.41, 5.74) is 0.801. The predicted molar refractivity (Wildman–Crippen MR) is 98.4 cm³/mol. The molecule has 1 unspecified atom stereocenters. The first kappa shape index (κ1) is 21.2. The van der Waals surface area contributed by atoms with Crippen LogP contribution in [0.1, 0.15) is 48.5 Å². The number of hydrogen-bond donors (Lipinski definition) is 2. The minimum Gasteiger partial charge on any atom is -0.444 e. The van der Waals surface area contributed by atoms with E-state index in [0.717, 1.165) is 0 Å². The van der Waals surface area contributed by atoms with E-state index in [2.05, 4.69) is 20.9 Å². The zero-order valence-corrected chi connectivity index (χ0v) is 16.9. The minimum absolute atomic E-state index is 0.111. The standard InChI is InChI=1S/C16H28BN5O5/c1-14(2,3)25-13(24)20-11(12(23)21-22-9-18-19-10-22)8-17-26-15(4,5)16(6,7)27-17/h9-11H,8H2,1-7H3,(H,20,24)(H,21,23). The van der Waals surface area contributed by atoms with Gasteiger partial charge in [-0.3, -0.25) is 10.2 Å². The molecule has 1 aromatic rings. The number of nitrogens with one attached hydrogen (secondary N) is 2. The minimum atomic E-state index is -0.947. The lowest BCUT2D eigenvalue weighted by molar-refractivity contribution is -0.118. The average Bonchev–Trinajstić information content (AvgIpc) is 3.02. The average molecular weight is 381 g/mol. The van der Waals surface area contributed by atoms with Crippen LogP contribution in [0.3, 0.4) is 0 Å². The lowest BCUT2D eigenvalue weighted by atomic mass is 9.80. The number of rotatable bonds is 5. The molecule has 1 atom stereocenters. The fraction of sp³-hybridized carbons (Fsp3) is 0.750. The molecule has 10 nitrogen and oxygen atoms in total. The van der Waals surface area contributed by atoms with Gasteiger partial charge in [0.15, 0.2) is 0 Å². The van der Waals surface area contributed by atoms with Crippen molar-refractivity contribution in [1.29, 1.82) is 0 Å².